The van der Waals surface area contributed by atoms with Crippen LogP contribution in [0.2, 0.25) is 0 Å². The van der Waals surface area contributed by atoms with Crippen LogP contribution in [0.4, 0.5) is 0 Å². The number of benzene rings is 1. The molecule has 0 radical (unpaired) electrons. The summed E-state index contributed by atoms with van der Waals surface area (Å²) in [4.78, 5) is 66.1. The predicted octanol–water partition coefficient (Wildman–Crippen LogP) is 5.58. The number of hydrogen-bond donors (Lipinski definition) is 2. The van der Waals surface area contributed by atoms with Crippen molar-refractivity contribution in [1.82, 2.24) is 30.3 Å². The van der Waals surface area contributed by atoms with Gasteiger partial charge in [0.05, 0.1) is 48.7 Å². The average molecular weight is 799 g/mol. The fourth-order valence-corrected chi connectivity index (χ4v) is 8.95. The van der Waals surface area contributed by atoms with Crippen LogP contribution in [0.25, 0.3) is 0 Å². The zero-order valence-corrected chi connectivity index (χ0v) is 36.8. The minimum absolute atomic E-state index is 0.00802. The number of thiazole rings is 1. The molecule has 1 aromatic heterocycles. The van der Waals surface area contributed by atoms with E-state index >= 15 is 0 Å². The summed E-state index contributed by atoms with van der Waals surface area (Å²) >= 11 is 1.51. The first-order chi connectivity index (χ1) is 26.6. The molecule has 10 atom stereocenters. The van der Waals surface area contributed by atoms with E-state index in [9.17, 15) is 19.2 Å². The fraction of sp³-hybridized carbons (Fsp3) is 0.698. The van der Waals surface area contributed by atoms with Gasteiger partial charge in [0.1, 0.15) is 11.0 Å². The van der Waals surface area contributed by atoms with E-state index in [1.807, 2.05) is 87.3 Å². The summed E-state index contributed by atoms with van der Waals surface area (Å²) in [5.74, 6) is -1.28. The molecule has 1 aliphatic rings. The van der Waals surface area contributed by atoms with E-state index in [-0.39, 0.29) is 65.9 Å². The zero-order valence-electron chi connectivity index (χ0n) is 36.0. The number of rotatable bonds is 22. The molecule has 3 rings (SSSR count). The third-order valence-electron chi connectivity index (χ3n) is 11.8. The average Bonchev–Trinajstić information content (AvgIpc) is 3.90. The first kappa shape index (κ1) is 47.0. The van der Waals surface area contributed by atoms with E-state index in [0.717, 1.165) is 29.8 Å². The number of carbonyl (C=O) groups excluding carboxylic acids is 4. The van der Waals surface area contributed by atoms with Crippen LogP contribution < -0.4 is 10.6 Å². The van der Waals surface area contributed by atoms with Gasteiger partial charge in [-0.15, -0.1) is 11.3 Å². The number of aromatic nitrogens is 1. The summed E-state index contributed by atoms with van der Waals surface area (Å²) < 4.78 is 12.1. The maximum absolute atomic E-state index is 14.3. The molecule has 12 nitrogen and oxygen atoms in total. The Morgan fingerprint density at radius 3 is 2.12 bits per heavy atom. The molecule has 1 aromatic carbocycles. The number of methoxy groups -OCH3 is 2. The van der Waals surface area contributed by atoms with Gasteiger partial charge in [-0.3, -0.25) is 24.1 Å². The molecule has 13 heteroatoms. The lowest BCUT2D eigenvalue weighted by Gasteiger charge is -2.41. The smallest absolute Gasteiger partial charge is 0.245 e. The summed E-state index contributed by atoms with van der Waals surface area (Å²) in [5, 5.41) is 9.06. The van der Waals surface area contributed by atoms with Gasteiger partial charge in [0.25, 0.3) is 0 Å². The van der Waals surface area contributed by atoms with Gasteiger partial charge in [0.15, 0.2) is 0 Å². The van der Waals surface area contributed by atoms with Crippen LogP contribution in [0.15, 0.2) is 41.9 Å². The Morgan fingerprint density at radius 2 is 1.59 bits per heavy atom. The van der Waals surface area contributed by atoms with Gasteiger partial charge in [0.2, 0.25) is 23.6 Å². The standard InChI is InChI=1S/C43H70N6O6S/c1-13-28(5)37(48(10)43(53)36(27(3)4)46-41(52)38(47(8)9)29(6)14-2)34(54-11)26-35(50)49-23-18-21-33(49)39(55-12)30(7)40(51)45-32(42-44-22-24-56-42)25-31-19-16-15-17-20-31/h15-17,19-20,22,24,27-30,32-34,36-39H,13-14,18,21,23,25-26H2,1-12H3,(H,45,51)(H,46,52)/t28-,29?,30-,32-,33+,34-,36-,37+,38+,39-/m1/s1. The molecule has 1 aliphatic heterocycles. The maximum atomic E-state index is 14.3. The molecule has 0 bridgehead atoms. The predicted molar refractivity (Wildman–Crippen MR) is 223 cm³/mol. The van der Waals surface area contributed by atoms with Crippen LogP contribution in [0, 0.1) is 23.7 Å². The molecule has 2 heterocycles. The van der Waals surface area contributed by atoms with E-state index < -0.39 is 30.2 Å². The molecule has 0 aliphatic carbocycles. The minimum atomic E-state index is -0.750. The Labute approximate surface area is 340 Å². The molecule has 1 saturated heterocycles. The van der Waals surface area contributed by atoms with Crippen molar-refractivity contribution < 1.29 is 28.7 Å². The molecule has 4 amide bonds. The maximum Gasteiger partial charge on any atom is 0.245 e. The first-order valence-electron chi connectivity index (χ1n) is 20.4. The molecule has 0 saturated carbocycles. The number of carbonyl (C=O) groups is 4. The molecule has 314 valence electrons. The van der Waals surface area contributed by atoms with Crippen molar-refractivity contribution in [2.75, 3.05) is 41.9 Å². The summed E-state index contributed by atoms with van der Waals surface area (Å²) in [7, 11) is 8.71. The van der Waals surface area contributed by atoms with E-state index in [4.69, 9.17) is 9.47 Å². The quantitative estimate of drug-likeness (QED) is 0.158. The van der Waals surface area contributed by atoms with Crippen molar-refractivity contribution in [3.05, 3.63) is 52.5 Å². The van der Waals surface area contributed by atoms with E-state index in [2.05, 4.69) is 36.4 Å². The molecular weight excluding hydrogens is 729 g/mol. The van der Waals surface area contributed by atoms with E-state index in [1.54, 1.807) is 32.4 Å². The number of nitrogens with one attached hydrogen (secondary N) is 2. The van der Waals surface area contributed by atoms with Gasteiger partial charge in [-0.1, -0.05) is 91.6 Å². The van der Waals surface area contributed by atoms with Gasteiger partial charge in [-0.25, -0.2) is 4.98 Å². The normalized spacial score (nSPS) is 19.4. The minimum Gasteiger partial charge on any atom is -0.379 e. The number of amides is 4. The van der Waals surface area contributed by atoms with Crippen molar-refractivity contribution in [2.24, 2.45) is 23.7 Å². The van der Waals surface area contributed by atoms with Crippen molar-refractivity contribution in [3.63, 3.8) is 0 Å². The van der Waals surface area contributed by atoms with Crippen LogP contribution in [0.5, 0.6) is 0 Å². The van der Waals surface area contributed by atoms with E-state index in [1.165, 1.54) is 11.3 Å². The Morgan fingerprint density at radius 1 is 0.929 bits per heavy atom. The van der Waals surface area contributed by atoms with Gasteiger partial charge >= 0.3 is 0 Å². The number of likely N-dealkylation sites (N-methyl/N-ethyl adjacent to an activating group) is 2. The second-order valence-electron chi connectivity index (χ2n) is 16.2. The highest BCUT2D eigenvalue weighted by Gasteiger charge is 2.43. The Balaban J connectivity index is 1.79. The lowest BCUT2D eigenvalue weighted by molar-refractivity contribution is -0.148. The second-order valence-corrected chi connectivity index (χ2v) is 17.2. The van der Waals surface area contributed by atoms with Gasteiger partial charge in [-0.05, 0) is 56.7 Å². The fourth-order valence-electron chi connectivity index (χ4n) is 8.26. The molecule has 1 unspecified atom stereocenters. The Hall–Kier alpha value is -3.39. The third kappa shape index (κ3) is 12.1. The van der Waals surface area contributed by atoms with Crippen LogP contribution >= 0.6 is 11.3 Å². The summed E-state index contributed by atoms with van der Waals surface area (Å²) in [6, 6.07) is 7.85. The van der Waals surface area contributed by atoms with E-state index in [0.29, 0.717) is 19.4 Å². The zero-order chi connectivity index (χ0) is 41.7. The third-order valence-corrected chi connectivity index (χ3v) is 12.7. The van der Waals surface area contributed by atoms with Gasteiger partial charge < -0.3 is 29.9 Å². The second kappa shape index (κ2) is 22.5. The highest BCUT2D eigenvalue weighted by molar-refractivity contribution is 7.09. The van der Waals surface area contributed by atoms with Crippen molar-refractivity contribution >= 4 is 35.0 Å². The van der Waals surface area contributed by atoms with Crippen LogP contribution in [-0.4, -0.2) is 122 Å². The highest BCUT2D eigenvalue weighted by Crippen LogP contribution is 2.30. The van der Waals surface area contributed by atoms with Crippen molar-refractivity contribution in [3.8, 4) is 0 Å². The van der Waals surface area contributed by atoms with Gasteiger partial charge in [0, 0.05) is 39.4 Å². The molecule has 56 heavy (non-hydrogen) atoms. The van der Waals surface area contributed by atoms with Crippen LogP contribution in [-0.2, 0) is 35.1 Å². The molecule has 2 N–H and O–H groups in total. The first-order valence-corrected chi connectivity index (χ1v) is 21.3. The lowest BCUT2D eigenvalue weighted by atomic mass is 9.89. The van der Waals surface area contributed by atoms with Crippen LogP contribution in [0.1, 0.15) is 97.2 Å². The molecule has 2 aromatic rings. The number of hydrogen-bond acceptors (Lipinski definition) is 9. The molecular formula is C43H70N6O6S. The Bertz CT molecular complexity index is 1510. The number of likely N-dealkylation sites (tertiary alicyclic amines) is 1. The summed E-state index contributed by atoms with van der Waals surface area (Å²) in [5.41, 5.74) is 1.09. The molecule has 1 fully saturated rings. The van der Waals surface area contributed by atoms with Gasteiger partial charge in [-0.2, -0.15) is 0 Å². The van der Waals surface area contributed by atoms with Crippen LogP contribution in [0.3, 0.4) is 0 Å². The monoisotopic (exact) mass is 799 g/mol. The Kier molecular flexibility index (Phi) is 18.9. The summed E-state index contributed by atoms with van der Waals surface area (Å²) in [6.45, 7) is 14.5. The number of nitrogens with zero attached hydrogens (tertiary/aromatic N) is 4. The lowest BCUT2D eigenvalue weighted by Crippen LogP contribution is -2.59. The highest BCUT2D eigenvalue weighted by atomic mass is 32.1. The number of ether oxygens (including phenoxy) is 2. The summed E-state index contributed by atoms with van der Waals surface area (Å²) in [6.07, 6.45) is 4.32. The SMILES string of the molecule is CCC(C)[C@@H](C(=O)N[C@@H](C(=O)N(C)[C@@H]([C@H](C)CC)[C@@H](CC(=O)N1CCC[C@H]1[C@H](OC)[C@@H](C)C(=O)N[C@H](Cc1ccccc1)c1nccs1)OC)C(C)C)N(C)C. The van der Waals surface area contributed by atoms with Crippen molar-refractivity contribution in [1.29, 1.82) is 0 Å². The van der Waals surface area contributed by atoms with Crippen molar-refractivity contribution in [2.45, 2.75) is 129 Å². The molecule has 0 spiro atoms. The largest absolute Gasteiger partial charge is 0.379 e. The topological polar surface area (TPSA) is 133 Å².